The lowest BCUT2D eigenvalue weighted by molar-refractivity contribution is 0.253. The molecule has 1 fully saturated rings. The van der Waals surface area contributed by atoms with Gasteiger partial charge in [-0.2, -0.15) is 0 Å². The molecule has 1 nitrogen and oxygen atoms in total. The Kier molecular flexibility index (Phi) is 4.40. The van der Waals surface area contributed by atoms with E-state index in [4.69, 9.17) is 16.7 Å². The van der Waals surface area contributed by atoms with Crippen molar-refractivity contribution in [3.05, 3.63) is 0 Å². The molecule has 0 aromatic rings. The fourth-order valence-electron chi connectivity index (χ4n) is 1.55. The Bertz CT molecular complexity index is 272. The average Bonchev–Trinajstić information content (AvgIpc) is 2.42. The van der Waals surface area contributed by atoms with Crippen LogP contribution in [0.5, 0.6) is 0 Å². The van der Waals surface area contributed by atoms with Crippen LogP contribution in [-0.4, -0.2) is 21.2 Å². The van der Waals surface area contributed by atoms with Gasteiger partial charge in [0.15, 0.2) is 0 Å². The molecule has 86 valence electrons. The number of thioether (sulfide) groups is 1. The maximum atomic E-state index is 9.10. The van der Waals surface area contributed by atoms with Gasteiger partial charge in [-0.25, -0.2) is 0 Å². The number of rotatable bonds is 0. The minimum atomic E-state index is -0.549. The van der Waals surface area contributed by atoms with Crippen LogP contribution in [-0.2, 0) is 0 Å². The summed E-state index contributed by atoms with van der Waals surface area (Å²) in [7, 11) is 0. The topological polar surface area (TPSA) is 20.2 Å². The third kappa shape index (κ3) is 3.90. The first-order chi connectivity index (χ1) is 6.80. The van der Waals surface area contributed by atoms with E-state index in [2.05, 4.69) is 32.6 Å². The molecule has 1 N–H and O–H groups in total. The predicted octanol–water partition coefficient (Wildman–Crippen LogP) is 3.10. The highest BCUT2D eigenvalue weighted by Crippen LogP contribution is 2.47. The SMILES string of the molecule is CC(O)C#CC1CC(C(C)(C)C)SC1Cl. The summed E-state index contributed by atoms with van der Waals surface area (Å²) in [5.41, 5.74) is 0.277. The third-order valence-corrected chi connectivity index (χ3v) is 4.95. The van der Waals surface area contributed by atoms with Gasteiger partial charge in [0.1, 0.15) is 6.10 Å². The number of hydrogen-bond donors (Lipinski definition) is 1. The molecular weight excluding hydrogens is 228 g/mol. The molecule has 0 spiro atoms. The van der Waals surface area contributed by atoms with E-state index in [-0.39, 0.29) is 16.0 Å². The lowest BCUT2D eigenvalue weighted by atomic mass is 9.87. The average molecular weight is 247 g/mol. The molecule has 0 aliphatic carbocycles. The summed E-state index contributed by atoms with van der Waals surface area (Å²) in [5, 5.41) is 9.66. The Hall–Kier alpha value is 0.160. The molecule has 0 amide bonds. The van der Waals surface area contributed by atoms with Gasteiger partial charge in [0.2, 0.25) is 0 Å². The van der Waals surface area contributed by atoms with Crippen molar-refractivity contribution in [2.45, 2.75) is 50.2 Å². The quantitative estimate of drug-likeness (QED) is 0.524. The van der Waals surface area contributed by atoms with Crippen LogP contribution < -0.4 is 0 Å². The van der Waals surface area contributed by atoms with Crippen molar-refractivity contribution >= 4 is 23.4 Å². The Balaban J connectivity index is 2.62. The van der Waals surface area contributed by atoms with Gasteiger partial charge in [-0.15, -0.1) is 23.4 Å². The van der Waals surface area contributed by atoms with Gasteiger partial charge >= 0.3 is 0 Å². The monoisotopic (exact) mass is 246 g/mol. The Morgan fingerprint density at radius 3 is 2.47 bits per heavy atom. The highest BCUT2D eigenvalue weighted by atomic mass is 35.5. The predicted molar refractivity (Wildman–Crippen MR) is 68.0 cm³/mol. The number of aliphatic hydroxyl groups excluding tert-OH is 1. The minimum absolute atomic E-state index is 0.0699. The highest BCUT2D eigenvalue weighted by molar-refractivity contribution is 8.02. The maximum absolute atomic E-state index is 9.10. The normalized spacial score (nSPS) is 33.3. The van der Waals surface area contributed by atoms with Crippen molar-refractivity contribution in [1.82, 2.24) is 0 Å². The number of halogens is 1. The minimum Gasteiger partial charge on any atom is -0.381 e. The zero-order valence-electron chi connectivity index (χ0n) is 9.75. The Morgan fingerprint density at radius 2 is 2.07 bits per heavy atom. The third-order valence-electron chi connectivity index (χ3n) is 2.52. The summed E-state index contributed by atoms with van der Waals surface area (Å²) in [6.07, 6.45) is 0.481. The first kappa shape index (κ1) is 13.2. The molecule has 0 aromatic carbocycles. The molecule has 1 aliphatic rings. The van der Waals surface area contributed by atoms with E-state index in [0.29, 0.717) is 5.25 Å². The molecule has 1 rings (SSSR count). The summed E-state index contributed by atoms with van der Waals surface area (Å²) in [6, 6.07) is 0. The second-order valence-corrected chi connectivity index (χ2v) is 7.23. The number of alkyl halides is 1. The van der Waals surface area contributed by atoms with Crippen molar-refractivity contribution in [2.24, 2.45) is 11.3 Å². The molecule has 3 heteroatoms. The van der Waals surface area contributed by atoms with E-state index in [1.165, 1.54) is 0 Å². The van der Waals surface area contributed by atoms with Crippen LogP contribution in [0.2, 0.25) is 0 Å². The summed E-state index contributed by atoms with van der Waals surface area (Å²) < 4.78 is 0.0699. The van der Waals surface area contributed by atoms with Crippen molar-refractivity contribution in [1.29, 1.82) is 0 Å². The summed E-state index contributed by atoms with van der Waals surface area (Å²) in [5.74, 6) is 6.10. The van der Waals surface area contributed by atoms with Crippen LogP contribution in [0.1, 0.15) is 34.1 Å². The molecule has 0 radical (unpaired) electrons. The van der Waals surface area contributed by atoms with Gasteiger partial charge in [-0.05, 0) is 18.8 Å². The summed E-state index contributed by atoms with van der Waals surface area (Å²) >= 11 is 8.05. The van der Waals surface area contributed by atoms with Crippen LogP contribution in [0.15, 0.2) is 0 Å². The standard InChI is InChI=1S/C12H19ClOS/c1-8(14)5-6-9-7-10(12(2,3)4)15-11(9)13/h8-11,14H,7H2,1-4H3. The molecule has 0 saturated carbocycles. The van der Waals surface area contributed by atoms with Crippen LogP contribution in [0, 0.1) is 23.2 Å². The van der Waals surface area contributed by atoms with Crippen LogP contribution >= 0.6 is 23.4 Å². The van der Waals surface area contributed by atoms with Gasteiger partial charge < -0.3 is 5.11 Å². The fourth-order valence-corrected chi connectivity index (χ4v) is 3.50. The molecule has 1 heterocycles. The number of aliphatic hydroxyl groups is 1. The summed E-state index contributed by atoms with van der Waals surface area (Å²) in [6.45, 7) is 8.38. The van der Waals surface area contributed by atoms with Gasteiger partial charge in [0, 0.05) is 11.2 Å². The van der Waals surface area contributed by atoms with Crippen molar-refractivity contribution < 1.29 is 5.11 Å². The van der Waals surface area contributed by atoms with Crippen LogP contribution in [0.4, 0.5) is 0 Å². The van der Waals surface area contributed by atoms with E-state index in [1.807, 2.05) is 11.8 Å². The molecule has 0 bridgehead atoms. The van der Waals surface area contributed by atoms with E-state index in [1.54, 1.807) is 6.92 Å². The Labute approximate surface area is 102 Å². The first-order valence-corrected chi connectivity index (χ1v) is 6.67. The van der Waals surface area contributed by atoms with Crippen molar-refractivity contribution in [3.63, 3.8) is 0 Å². The van der Waals surface area contributed by atoms with Crippen LogP contribution in [0.25, 0.3) is 0 Å². The fraction of sp³-hybridized carbons (Fsp3) is 0.833. The highest BCUT2D eigenvalue weighted by Gasteiger charge is 2.38. The lowest BCUT2D eigenvalue weighted by Gasteiger charge is -2.25. The van der Waals surface area contributed by atoms with E-state index in [0.717, 1.165) is 6.42 Å². The Morgan fingerprint density at radius 1 is 1.47 bits per heavy atom. The second-order valence-electron chi connectivity index (χ2n) is 5.15. The maximum Gasteiger partial charge on any atom is 0.111 e. The number of hydrogen-bond acceptors (Lipinski definition) is 2. The van der Waals surface area contributed by atoms with Gasteiger partial charge in [-0.3, -0.25) is 0 Å². The lowest BCUT2D eigenvalue weighted by Crippen LogP contribution is -2.20. The van der Waals surface area contributed by atoms with Gasteiger partial charge in [0.05, 0.1) is 4.71 Å². The molecular formula is C12H19ClOS. The molecule has 4 atom stereocenters. The molecule has 15 heavy (non-hydrogen) atoms. The molecule has 0 aromatic heterocycles. The first-order valence-electron chi connectivity index (χ1n) is 5.29. The molecule has 1 aliphatic heterocycles. The zero-order chi connectivity index (χ0) is 11.6. The van der Waals surface area contributed by atoms with Gasteiger partial charge in [0.25, 0.3) is 0 Å². The zero-order valence-corrected chi connectivity index (χ0v) is 11.3. The molecule has 1 saturated heterocycles. The molecule has 4 unspecified atom stereocenters. The van der Waals surface area contributed by atoms with Crippen LogP contribution in [0.3, 0.4) is 0 Å². The van der Waals surface area contributed by atoms with Crippen molar-refractivity contribution in [3.8, 4) is 11.8 Å². The van der Waals surface area contributed by atoms with E-state index >= 15 is 0 Å². The second kappa shape index (κ2) is 4.99. The summed E-state index contributed by atoms with van der Waals surface area (Å²) in [4.78, 5) is 0. The van der Waals surface area contributed by atoms with E-state index in [9.17, 15) is 0 Å². The van der Waals surface area contributed by atoms with Gasteiger partial charge in [-0.1, -0.05) is 32.6 Å². The van der Waals surface area contributed by atoms with Crippen molar-refractivity contribution in [2.75, 3.05) is 0 Å². The van der Waals surface area contributed by atoms with E-state index < -0.39 is 6.10 Å². The smallest absolute Gasteiger partial charge is 0.111 e. The largest absolute Gasteiger partial charge is 0.381 e.